The Balaban J connectivity index is 1.67. The Kier molecular flexibility index (Phi) is 4.66. The number of hydrogen-bond acceptors (Lipinski definition) is 5. The summed E-state index contributed by atoms with van der Waals surface area (Å²) in [6, 6.07) is 8.19. The largest absolute Gasteiger partial charge is 0.486 e. The van der Waals surface area contributed by atoms with Crippen LogP contribution < -0.4 is 9.47 Å². The summed E-state index contributed by atoms with van der Waals surface area (Å²) >= 11 is 5.72. The highest BCUT2D eigenvalue weighted by Gasteiger charge is 2.18. The van der Waals surface area contributed by atoms with Crippen molar-refractivity contribution in [2.24, 2.45) is 0 Å². The van der Waals surface area contributed by atoms with Gasteiger partial charge in [-0.25, -0.2) is 9.18 Å². The van der Waals surface area contributed by atoms with Gasteiger partial charge < -0.3 is 14.2 Å². The molecule has 0 fully saturated rings. The fourth-order valence-corrected chi connectivity index (χ4v) is 2.34. The van der Waals surface area contributed by atoms with E-state index < -0.39 is 24.2 Å². The first-order valence-electron chi connectivity index (χ1n) is 7.09. The lowest BCUT2D eigenvalue weighted by molar-refractivity contribution is 0.0470. The van der Waals surface area contributed by atoms with E-state index in [1.165, 1.54) is 12.1 Å². The van der Waals surface area contributed by atoms with Crippen molar-refractivity contribution in [1.29, 1.82) is 0 Å². The molecule has 5 nitrogen and oxygen atoms in total. The predicted octanol–water partition coefficient (Wildman–Crippen LogP) is 3.29. The van der Waals surface area contributed by atoms with Crippen LogP contribution in [0.3, 0.4) is 0 Å². The third-order valence-corrected chi connectivity index (χ3v) is 3.58. The van der Waals surface area contributed by atoms with Crippen LogP contribution in [0.4, 0.5) is 4.39 Å². The van der Waals surface area contributed by atoms with Crippen LogP contribution in [-0.4, -0.2) is 31.6 Å². The average Bonchev–Trinajstić information content (AvgIpc) is 2.61. The zero-order chi connectivity index (χ0) is 17.1. The highest BCUT2D eigenvalue weighted by Crippen LogP contribution is 2.30. The summed E-state index contributed by atoms with van der Waals surface area (Å²) in [6.45, 7) is 0.321. The van der Waals surface area contributed by atoms with E-state index in [0.717, 1.165) is 12.1 Å². The van der Waals surface area contributed by atoms with Crippen LogP contribution in [0.15, 0.2) is 36.4 Å². The molecule has 0 atom stereocenters. The zero-order valence-corrected chi connectivity index (χ0v) is 13.1. The topological polar surface area (TPSA) is 61.8 Å². The molecule has 0 bridgehead atoms. The number of hydrogen-bond donors (Lipinski definition) is 0. The minimum absolute atomic E-state index is 0.196. The molecule has 0 saturated heterocycles. The van der Waals surface area contributed by atoms with E-state index in [9.17, 15) is 14.0 Å². The number of ketones is 1. The summed E-state index contributed by atoms with van der Waals surface area (Å²) in [4.78, 5) is 24.0. The molecule has 1 heterocycles. The summed E-state index contributed by atoms with van der Waals surface area (Å²) in [6.07, 6.45) is 0. The minimum Gasteiger partial charge on any atom is -0.486 e. The van der Waals surface area contributed by atoms with Crippen LogP contribution in [0.5, 0.6) is 11.5 Å². The number of carbonyl (C=O) groups is 2. The van der Waals surface area contributed by atoms with Crippen molar-refractivity contribution >= 4 is 23.4 Å². The van der Waals surface area contributed by atoms with Crippen molar-refractivity contribution in [1.82, 2.24) is 0 Å². The van der Waals surface area contributed by atoms with Gasteiger partial charge >= 0.3 is 5.97 Å². The number of carbonyl (C=O) groups excluding carboxylic acids is 2. The van der Waals surface area contributed by atoms with E-state index in [4.69, 9.17) is 25.8 Å². The van der Waals surface area contributed by atoms with Gasteiger partial charge in [0, 0.05) is 10.6 Å². The second-order valence-electron chi connectivity index (χ2n) is 4.98. The normalized spacial score (nSPS) is 12.6. The fraction of sp³-hybridized carbons (Fsp3) is 0.176. The summed E-state index contributed by atoms with van der Waals surface area (Å²) in [7, 11) is 0. The average molecular weight is 351 g/mol. The Morgan fingerprint density at radius 1 is 1.08 bits per heavy atom. The quantitative estimate of drug-likeness (QED) is 0.625. The summed E-state index contributed by atoms with van der Waals surface area (Å²) < 4.78 is 29.2. The molecule has 2 aromatic rings. The molecule has 0 amide bonds. The second-order valence-corrected chi connectivity index (χ2v) is 5.42. The number of fused-ring (bicyclic) bond motifs is 1. The molecule has 0 aliphatic carbocycles. The van der Waals surface area contributed by atoms with Crippen molar-refractivity contribution in [3.63, 3.8) is 0 Å². The van der Waals surface area contributed by atoms with E-state index in [1.807, 2.05) is 0 Å². The Labute approximate surface area is 141 Å². The monoisotopic (exact) mass is 350 g/mol. The second kappa shape index (κ2) is 6.88. The molecule has 0 saturated carbocycles. The van der Waals surface area contributed by atoms with Gasteiger partial charge in [0.2, 0.25) is 0 Å². The molecule has 124 valence electrons. The Hall–Kier alpha value is -2.60. The van der Waals surface area contributed by atoms with Gasteiger partial charge in [-0.3, -0.25) is 4.79 Å². The lowest BCUT2D eigenvalue weighted by Crippen LogP contribution is -2.17. The van der Waals surface area contributed by atoms with Gasteiger partial charge in [-0.05, 0) is 36.4 Å². The zero-order valence-electron chi connectivity index (χ0n) is 12.4. The number of ether oxygens (including phenoxy) is 3. The van der Waals surface area contributed by atoms with E-state index in [1.54, 1.807) is 12.1 Å². The molecule has 0 aromatic heterocycles. The van der Waals surface area contributed by atoms with Crippen molar-refractivity contribution < 1.29 is 28.2 Å². The summed E-state index contributed by atoms with van der Waals surface area (Å²) in [5, 5.41) is 0.196. The molecule has 0 spiro atoms. The van der Waals surface area contributed by atoms with Gasteiger partial charge in [0.1, 0.15) is 19.0 Å². The van der Waals surface area contributed by atoms with Gasteiger partial charge in [0.25, 0.3) is 0 Å². The predicted molar refractivity (Wildman–Crippen MR) is 83.5 cm³/mol. The Bertz CT molecular complexity index is 806. The number of halogens is 2. The molecule has 0 radical (unpaired) electrons. The van der Waals surface area contributed by atoms with Crippen LogP contribution in [0.1, 0.15) is 20.7 Å². The first-order valence-corrected chi connectivity index (χ1v) is 7.47. The standard InChI is InChI=1S/C17H12ClFO5/c18-11-2-3-13(19)12(8-11)17(21)24-9-14(20)10-1-4-15-16(7-10)23-6-5-22-15/h1-4,7-8H,5-6,9H2. The first kappa shape index (κ1) is 16.3. The Morgan fingerprint density at radius 2 is 1.83 bits per heavy atom. The molecule has 3 rings (SSSR count). The lowest BCUT2D eigenvalue weighted by Gasteiger charge is -2.18. The van der Waals surface area contributed by atoms with Crippen LogP contribution in [0.2, 0.25) is 5.02 Å². The summed E-state index contributed by atoms with van der Waals surface area (Å²) in [5.41, 5.74) is -0.0175. The maximum absolute atomic E-state index is 13.6. The lowest BCUT2D eigenvalue weighted by atomic mass is 10.1. The van der Waals surface area contributed by atoms with E-state index in [2.05, 4.69) is 0 Å². The van der Waals surface area contributed by atoms with Gasteiger partial charge in [-0.2, -0.15) is 0 Å². The smallest absolute Gasteiger partial charge is 0.341 e. The number of benzene rings is 2. The van der Waals surface area contributed by atoms with Crippen LogP contribution in [-0.2, 0) is 4.74 Å². The van der Waals surface area contributed by atoms with Gasteiger partial charge in [0.05, 0.1) is 5.56 Å². The van der Waals surface area contributed by atoms with Crippen molar-refractivity contribution in [2.45, 2.75) is 0 Å². The van der Waals surface area contributed by atoms with E-state index >= 15 is 0 Å². The molecule has 7 heteroatoms. The highest BCUT2D eigenvalue weighted by molar-refractivity contribution is 6.30. The van der Waals surface area contributed by atoms with Crippen molar-refractivity contribution in [2.75, 3.05) is 19.8 Å². The Morgan fingerprint density at radius 3 is 2.62 bits per heavy atom. The molecule has 1 aliphatic heterocycles. The molecule has 2 aromatic carbocycles. The summed E-state index contributed by atoms with van der Waals surface area (Å²) in [5.74, 6) is -1.16. The highest BCUT2D eigenvalue weighted by atomic mass is 35.5. The molecule has 0 N–H and O–H groups in total. The van der Waals surface area contributed by atoms with Crippen molar-refractivity contribution in [3.05, 3.63) is 58.4 Å². The van der Waals surface area contributed by atoms with Crippen molar-refractivity contribution in [3.8, 4) is 11.5 Å². The number of rotatable bonds is 4. The molecule has 24 heavy (non-hydrogen) atoms. The molecule has 1 aliphatic rings. The maximum Gasteiger partial charge on any atom is 0.341 e. The van der Waals surface area contributed by atoms with Gasteiger partial charge in [0.15, 0.2) is 23.9 Å². The van der Waals surface area contributed by atoms with E-state index in [0.29, 0.717) is 30.3 Å². The van der Waals surface area contributed by atoms with E-state index in [-0.39, 0.29) is 10.6 Å². The number of Topliss-reactive ketones (excluding diaryl/α,β-unsaturated/α-hetero) is 1. The third-order valence-electron chi connectivity index (χ3n) is 3.35. The van der Waals surface area contributed by atoms with Crippen LogP contribution in [0, 0.1) is 5.82 Å². The number of esters is 1. The van der Waals surface area contributed by atoms with Crippen LogP contribution >= 0.6 is 11.6 Å². The maximum atomic E-state index is 13.6. The molecule has 0 unspecified atom stereocenters. The van der Waals surface area contributed by atoms with Gasteiger partial charge in [-0.15, -0.1) is 0 Å². The SMILES string of the molecule is O=C(COC(=O)c1cc(Cl)ccc1F)c1ccc2c(c1)OCCO2. The molecular weight excluding hydrogens is 339 g/mol. The minimum atomic E-state index is -0.958. The first-order chi connectivity index (χ1) is 11.5. The third kappa shape index (κ3) is 3.49. The molecular formula is C17H12ClFO5. The van der Waals surface area contributed by atoms with Crippen LogP contribution in [0.25, 0.3) is 0 Å². The fourth-order valence-electron chi connectivity index (χ4n) is 2.16. The van der Waals surface area contributed by atoms with Gasteiger partial charge in [-0.1, -0.05) is 11.6 Å².